The summed E-state index contributed by atoms with van der Waals surface area (Å²) in [6, 6.07) is 3.11. The Morgan fingerprint density at radius 2 is 2.11 bits per heavy atom. The molecule has 2 aromatic rings. The van der Waals surface area contributed by atoms with Gasteiger partial charge < -0.3 is 0 Å². The van der Waals surface area contributed by atoms with Crippen molar-refractivity contribution in [3.05, 3.63) is 41.6 Å². The molecule has 5 heteroatoms. The smallest absolute Gasteiger partial charge is 0.153 e. The minimum absolute atomic E-state index is 0.00426. The maximum Gasteiger partial charge on any atom is 0.153 e. The van der Waals surface area contributed by atoms with Gasteiger partial charge in [0.05, 0.1) is 5.56 Å². The predicted molar refractivity (Wildman–Crippen MR) is 67.8 cm³/mol. The number of aromatic nitrogens is 2. The molecule has 1 heterocycles. The summed E-state index contributed by atoms with van der Waals surface area (Å²) >= 11 is 0. The van der Waals surface area contributed by atoms with Crippen LogP contribution in [-0.2, 0) is 6.54 Å². The highest BCUT2D eigenvalue weighted by molar-refractivity contribution is 5.85. The number of nitrogens with zero attached hydrogens (tertiary/aromatic N) is 2. The molecule has 0 fully saturated rings. The number of hydrogen-bond donors (Lipinski definition) is 0. The summed E-state index contributed by atoms with van der Waals surface area (Å²) in [5.41, 5.74) is 0.433. The highest BCUT2D eigenvalue weighted by Gasteiger charge is 2.15. The van der Waals surface area contributed by atoms with Crippen molar-refractivity contribution in [2.45, 2.75) is 20.4 Å². The van der Waals surface area contributed by atoms with Gasteiger partial charge >= 0.3 is 0 Å². The van der Waals surface area contributed by atoms with Crippen LogP contribution in [0, 0.1) is 17.6 Å². The quantitative estimate of drug-likeness (QED) is 0.794. The monoisotopic (exact) mass is 264 g/mol. The first kappa shape index (κ1) is 13.4. The fraction of sp³-hybridized carbons (Fsp3) is 0.286. The Labute approximate surface area is 109 Å². The Morgan fingerprint density at radius 3 is 2.74 bits per heavy atom. The Balaban J connectivity index is 2.51. The second-order valence-corrected chi connectivity index (χ2v) is 4.79. The van der Waals surface area contributed by atoms with Gasteiger partial charge in [0.15, 0.2) is 6.29 Å². The van der Waals surface area contributed by atoms with E-state index in [1.54, 1.807) is 10.9 Å². The first-order chi connectivity index (χ1) is 9.01. The number of halogens is 2. The van der Waals surface area contributed by atoms with Crippen LogP contribution in [-0.4, -0.2) is 16.1 Å². The number of benzene rings is 1. The molecule has 0 aliphatic heterocycles. The normalized spacial score (nSPS) is 11.0. The fourth-order valence-electron chi connectivity index (χ4n) is 1.88. The van der Waals surface area contributed by atoms with E-state index in [1.807, 2.05) is 13.8 Å². The highest BCUT2D eigenvalue weighted by Crippen LogP contribution is 2.25. The van der Waals surface area contributed by atoms with Gasteiger partial charge in [0.25, 0.3) is 0 Å². The summed E-state index contributed by atoms with van der Waals surface area (Å²) in [5.74, 6) is -0.824. The van der Waals surface area contributed by atoms with Gasteiger partial charge in [-0.2, -0.15) is 5.10 Å². The summed E-state index contributed by atoms with van der Waals surface area (Å²) in [7, 11) is 0. The second kappa shape index (κ2) is 5.30. The molecule has 19 heavy (non-hydrogen) atoms. The Morgan fingerprint density at radius 1 is 1.37 bits per heavy atom. The van der Waals surface area contributed by atoms with Crippen LogP contribution in [0.5, 0.6) is 0 Å². The van der Waals surface area contributed by atoms with Crippen LogP contribution in [0.25, 0.3) is 11.3 Å². The topological polar surface area (TPSA) is 34.9 Å². The van der Waals surface area contributed by atoms with E-state index in [1.165, 1.54) is 0 Å². The molecule has 0 N–H and O–H groups in total. The van der Waals surface area contributed by atoms with E-state index in [9.17, 15) is 13.6 Å². The van der Waals surface area contributed by atoms with Crippen LogP contribution in [0.1, 0.15) is 24.2 Å². The summed E-state index contributed by atoms with van der Waals surface area (Å²) in [5, 5.41) is 4.17. The Bertz CT molecular complexity index is 605. The molecule has 0 atom stereocenters. The second-order valence-electron chi connectivity index (χ2n) is 4.79. The van der Waals surface area contributed by atoms with Crippen molar-refractivity contribution in [2.75, 3.05) is 0 Å². The molecule has 1 aromatic heterocycles. The molecule has 0 aliphatic rings. The third-order valence-corrected chi connectivity index (χ3v) is 2.65. The third-order valence-electron chi connectivity index (χ3n) is 2.65. The summed E-state index contributed by atoms with van der Waals surface area (Å²) in [6.07, 6.45) is 2.15. The molecular weight excluding hydrogens is 250 g/mol. The van der Waals surface area contributed by atoms with E-state index in [4.69, 9.17) is 0 Å². The standard InChI is InChI=1S/C14H14F2N2O/c1-9(2)6-18-7-10(8-19)14(17-18)12-5-11(15)3-4-13(12)16/h3-5,7-9H,6H2,1-2H3. The molecule has 0 bridgehead atoms. The van der Waals surface area contributed by atoms with Gasteiger partial charge in [0, 0.05) is 18.3 Å². The van der Waals surface area contributed by atoms with Crippen molar-refractivity contribution in [1.29, 1.82) is 0 Å². The molecule has 0 unspecified atom stereocenters. The maximum absolute atomic E-state index is 13.7. The van der Waals surface area contributed by atoms with Gasteiger partial charge in [-0.1, -0.05) is 13.8 Å². The van der Waals surface area contributed by atoms with Crippen molar-refractivity contribution in [3.8, 4) is 11.3 Å². The van der Waals surface area contributed by atoms with Crippen molar-refractivity contribution >= 4 is 6.29 Å². The number of hydrogen-bond acceptors (Lipinski definition) is 2. The maximum atomic E-state index is 13.7. The molecule has 0 radical (unpaired) electrons. The highest BCUT2D eigenvalue weighted by atomic mass is 19.1. The molecule has 0 saturated carbocycles. The largest absolute Gasteiger partial charge is 0.298 e. The van der Waals surface area contributed by atoms with Crippen LogP contribution < -0.4 is 0 Å². The Hall–Kier alpha value is -2.04. The average Bonchev–Trinajstić information content (AvgIpc) is 2.74. The lowest BCUT2D eigenvalue weighted by Crippen LogP contribution is -2.04. The van der Waals surface area contributed by atoms with E-state index >= 15 is 0 Å². The number of carbonyl (C=O) groups is 1. The fourth-order valence-corrected chi connectivity index (χ4v) is 1.88. The molecule has 0 aliphatic carbocycles. The lowest BCUT2D eigenvalue weighted by Gasteiger charge is -2.04. The van der Waals surface area contributed by atoms with Crippen molar-refractivity contribution < 1.29 is 13.6 Å². The van der Waals surface area contributed by atoms with Gasteiger partial charge in [-0.05, 0) is 24.1 Å². The molecular formula is C14H14F2N2O. The van der Waals surface area contributed by atoms with Crippen molar-refractivity contribution in [1.82, 2.24) is 9.78 Å². The van der Waals surface area contributed by atoms with Crippen molar-refractivity contribution in [2.24, 2.45) is 5.92 Å². The number of carbonyl (C=O) groups excluding carboxylic acids is 1. The molecule has 0 saturated heterocycles. The zero-order chi connectivity index (χ0) is 14.0. The van der Waals surface area contributed by atoms with E-state index in [0.717, 1.165) is 18.2 Å². The first-order valence-electron chi connectivity index (χ1n) is 5.99. The molecule has 0 spiro atoms. The minimum atomic E-state index is -0.598. The predicted octanol–water partition coefficient (Wildman–Crippen LogP) is 3.30. The van der Waals surface area contributed by atoms with Gasteiger partial charge in [-0.3, -0.25) is 9.48 Å². The van der Waals surface area contributed by atoms with E-state index < -0.39 is 11.6 Å². The van der Waals surface area contributed by atoms with Gasteiger partial charge in [0.2, 0.25) is 0 Å². The summed E-state index contributed by atoms with van der Waals surface area (Å²) in [4.78, 5) is 11.0. The number of rotatable bonds is 4. The lowest BCUT2D eigenvalue weighted by atomic mass is 10.1. The zero-order valence-corrected chi connectivity index (χ0v) is 10.7. The molecule has 2 rings (SSSR count). The van der Waals surface area contributed by atoms with Crippen LogP contribution >= 0.6 is 0 Å². The van der Waals surface area contributed by atoms with E-state index in [0.29, 0.717) is 18.7 Å². The van der Waals surface area contributed by atoms with Gasteiger partial charge in [-0.15, -0.1) is 0 Å². The SMILES string of the molecule is CC(C)Cn1cc(C=O)c(-c2cc(F)ccc2F)n1. The van der Waals surface area contributed by atoms with E-state index in [-0.39, 0.29) is 16.8 Å². The van der Waals surface area contributed by atoms with Crippen LogP contribution in [0.15, 0.2) is 24.4 Å². The van der Waals surface area contributed by atoms with Gasteiger partial charge in [0.1, 0.15) is 17.3 Å². The van der Waals surface area contributed by atoms with Gasteiger partial charge in [-0.25, -0.2) is 8.78 Å². The first-order valence-corrected chi connectivity index (χ1v) is 5.99. The summed E-state index contributed by atoms with van der Waals surface area (Å²) < 4.78 is 28.5. The zero-order valence-electron chi connectivity index (χ0n) is 10.7. The van der Waals surface area contributed by atoms with Crippen LogP contribution in [0.2, 0.25) is 0 Å². The summed E-state index contributed by atoms with van der Waals surface area (Å²) in [6.45, 7) is 4.62. The van der Waals surface area contributed by atoms with E-state index in [2.05, 4.69) is 5.10 Å². The average molecular weight is 264 g/mol. The van der Waals surface area contributed by atoms with Crippen molar-refractivity contribution in [3.63, 3.8) is 0 Å². The minimum Gasteiger partial charge on any atom is -0.298 e. The Kier molecular flexibility index (Phi) is 3.74. The lowest BCUT2D eigenvalue weighted by molar-refractivity contribution is 0.112. The number of aldehydes is 1. The molecule has 100 valence electrons. The molecule has 0 amide bonds. The van der Waals surface area contributed by atoms with Crippen LogP contribution in [0.4, 0.5) is 8.78 Å². The molecule has 1 aromatic carbocycles. The third kappa shape index (κ3) is 2.86. The van der Waals surface area contributed by atoms with Crippen LogP contribution in [0.3, 0.4) is 0 Å². The molecule has 3 nitrogen and oxygen atoms in total.